The van der Waals surface area contributed by atoms with Crippen LogP contribution in [0.2, 0.25) is 0 Å². The summed E-state index contributed by atoms with van der Waals surface area (Å²) in [5, 5.41) is 18.3. The number of hydrogen-bond acceptors (Lipinski definition) is 5. The second kappa shape index (κ2) is 9.67. The van der Waals surface area contributed by atoms with E-state index in [9.17, 15) is 9.90 Å². The van der Waals surface area contributed by atoms with Gasteiger partial charge in [0.05, 0.1) is 18.2 Å². The van der Waals surface area contributed by atoms with Crippen LogP contribution in [0.4, 0.5) is 5.69 Å². The largest absolute Gasteiger partial charge is 0.387 e. The van der Waals surface area contributed by atoms with E-state index in [0.717, 1.165) is 34.9 Å². The Morgan fingerprint density at radius 2 is 1.93 bits per heavy atom. The van der Waals surface area contributed by atoms with Crippen LogP contribution in [0.1, 0.15) is 22.9 Å². The number of thiazole rings is 1. The second-order valence-electron chi connectivity index (χ2n) is 7.13. The molecule has 0 aliphatic heterocycles. The van der Waals surface area contributed by atoms with Crippen LogP contribution in [-0.4, -0.2) is 33.5 Å². The zero-order valence-corrected chi connectivity index (χ0v) is 17.3. The van der Waals surface area contributed by atoms with Crippen molar-refractivity contribution >= 4 is 27.9 Å². The summed E-state index contributed by atoms with van der Waals surface area (Å²) in [5.41, 5.74) is 3.63. The van der Waals surface area contributed by atoms with Crippen LogP contribution in [0.5, 0.6) is 0 Å². The number of aromatic nitrogens is 2. The molecule has 0 aliphatic rings. The summed E-state index contributed by atoms with van der Waals surface area (Å²) >= 11 is 1.55. The van der Waals surface area contributed by atoms with E-state index >= 15 is 0 Å². The van der Waals surface area contributed by atoms with Gasteiger partial charge < -0.3 is 15.7 Å². The Morgan fingerprint density at radius 3 is 2.70 bits per heavy atom. The molecule has 2 aromatic carbocycles. The average molecular weight is 421 g/mol. The molecule has 0 aliphatic carbocycles. The molecule has 0 saturated heterocycles. The van der Waals surface area contributed by atoms with E-state index in [1.807, 2.05) is 76.8 Å². The molecule has 0 radical (unpaired) electrons. The Kier molecular flexibility index (Phi) is 6.53. The fourth-order valence-corrected chi connectivity index (χ4v) is 3.97. The minimum atomic E-state index is -0.505. The summed E-state index contributed by atoms with van der Waals surface area (Å²) in [7, 11) is 0. The quantitative estimate of drug-likeness (QED) is 0.363. The first-order chi connectivity index (χ1) is 14.7. The van der Waals surface area contributed by atoms with Gasteiger partial charge in [-0.25, -0.2) is 4.98 Å². The van der Waals surface area contributed by atoms with E-state index in [-0.39, 0.29) is 12.3 Å². The molecule has 0 bridgehead atoms. The molecule has 2 aromatic heterocycles. The van der Waals surface area contributed by atoms with Gasteiger partial charge in [-0.05, 0) is 36.2 Å². The van der Waals surface area contributed by atoms with Crippen LogP contribution >= 0.6 is 11.3 Å². The molecule has 1 amide bonds. The van der Waals surface area contributed by atoms with Crippen LogP contribution in [0.25, 0.3) is 4.96 Å². The Morgan fingerprint density at radius 1 is 1.13 bits per heavy atom. The number of aliphatic hydroxyl groups excluding tert-OH is 1. The van der Waals surface area contributed by atoms with Crippen molar-refractivity contribution in [3.8, 4) is 0 Å². The lowest BCUT2D eigenvalue weighted by atomic mass is 10.1. The molecule has 6 nitrogen and oxygen atoms in total. The average Bonchev–Trinajstić information content (AvgIpc) is 3.34. The third-order valence-electron chi connectivity index (χ3n) is 4.84. The first-order valence-corrected chi connectivity index (χ1v) is 10.8. The van der Waals surface area contributed by atoms with Gasteiger partial charge in [-0.15, -0.1) is 11.3 Å². The number of carbonyl (C=O) groups is 1. The Balaban J connectivity index is 1.20. The van der Waals surface area contributed by atoms with E-state index < -0.39 is 6.10 Å². The third kappa shape index (κ3) is 5.33. The van der Waals surface area contributed by atoms with Gasteiger partial charge in [0.25, 0.3) is 0 Å². The summed E-state index contributed by atoms with van der Waals surface area (Å²) in [6.45, 7) is 1.29. The number of fused-ring (bicyclic) bond motifs is 1. The third-order valence-corrected chi connectivity index (χ3v) is 5.61. The lowest BCUT2D eigenvalue weighted by molar-refractivity contribution is -0.115. The molecular weight excluding hydrogens is 396 g/mol. The van der Waals surface area contributed by atoms with Crippen LogP contribution in [-0.2, 0) is 17.6 Å². The molecule has 0 saturated carbocycles. The minimum Gasteiger partial charge on any atom is -0.387 e. The standard InChI is InChI=1S/C23H24N4O2S/c28-21(18-4-2-1-3-5-18)15-24-11-10-17-6-8-19(9-7-17)25-22(29)14-20-16-27-12-13-30-23(27)26-20/h1-9,12-13,16,21,24,28H,10-11,14-15H2,(H,25,29). The second-order valence-corrected chi connectivity index (χ2v) is 8.00. The molecule has 7 heteroatoms. The van der Waals surface area contributed by atoms with Crippen LogP contribution < -0.4 is 10.6 Å². The molecule has 1 unspecified atom stereocenters. The molecule has 30 heavy (non-hydrogen) atoms. The van der Waals surface area contributed by atoms with Crippen LogP contribution in [0.3, 0.4) is 0 Å². The maximum atomic E-state index is 12.3. The normalized spacial score (nSPS) is 12.2. The first-order valence-electron chi connectivity index (χ1n) is 9.91. The minimum absolute atomic E-state index is 0.0786. The summed E-state index contributed by atoms with van der Waals surface area (Å²) in [6, 6.07) is 17.5. The Labute approximate surface area is 179 Å². The predicted octanol–water partition coefficient (Wildman–Crippen LogP) is 3.44. The van der Waals surface area contributed by atoms with Crippen LogP contribution in [0, 0.1) is 0 Å². The molecule has 3 N–H and O–H groups in total. The van der Waals surface area contributed by atoms with Crippen molar-refractivity contribution in [2.24, 2.45) is 0 Å². The SMILES string of the molecule is O=C(Cc1cn2ccsc2n1)Nc1ccc(CCNCC(O)c2ccccc2)cc1. The van der Waals surface area contributed by atoms with Gasteiger partial charge in [-0.1, -0.05) is 42.5 Å². The Hall–Kier alpha value is -3.00. The zero-order chi connectivity index (χ0) is 20.8. The van der Waals surface area contributed by atoms with E-state index in [1.165, 1.54) is 5.56 Å². The fourth-order valence-electron chi connectivity index (χ4n) is 3.25. The topological polar surface area (TPSA) is 78.7 Å². The van der Waals surface area contributed by atoms with Gasteiger partial charge in [0, 0.05) is 30.0 Å². The number of aliphatic hydroxyl groups is 1. The molecule has 2 heterocycles. The monoisotopic (exact) mass is 420 g/mol. The number of benzene rings is 2. The number of nitrogens with zero attached hydrogens (tertiary/aromatic N) is 2. The number of hydrogen-bond donors (Lipinski definition) is 3. The zero-order valence-electron chi connectivity index (χ0n) is 16.5. The van der Waals surface area contributed by atoms with Gasteiger partial charge in [-0.3, -0.25) is 9.20 Å². The van der Waals surface area contributed by atoms with Crippen LogP contribution in [0.15, 0.2) is 72.4 Å². The molecule has 4 rings (SSSR count). The van der Waals surface area contributed by atoms with Crippen molar-refractivity contribution in [2.45, 2.75) is 18.9 Å². The van der Waals surface area contributed by atoms with E-state index in [0.29, 0.717) is 6.54 Å². The maximum absolute atomic E-state index is 12.3. The summed E-state index contributed by atoms with van der Waals surface area (Å²) in [4.78, 5) is 17.6. The van der Waals surface area contributed by atoms with E-state index in [4.69, 9.17) is 0 Å². The summed E-state index contributed by atoms with van der Waals surface area (Å²) in [5.74, 6) is -0.0786. The van der Waals surface area contributed by atoms with Crippen molar-refractivity contribution in [1.82, 2.24) is 14.7 Å². The highest BCUT2D eigenvalue weighted by atomic mass is 32.1. The fraction of sp³-hybridized carbons (Fsp3) is 0.217. The van der Waals surface area contributed by atoms with Gasteiger partial charge in [0.15, 0.2) is 4.96 Å². The molecular formula is C23H24N4O2S. The molecule has 0 fully saturated rings. The summed E-state index contributed by atoms with van der Waals surface area (Å²) < 4.78 is 1.93. The smallest absolute Gasteiger partial charge is 0.230 e. The number of imidazole rings is 1. The summed E-state index contributed by atoms with van der Waals surface area (Å²) in [6.07, 6.45) is 4.42. The van der Waals surface area contributed by atoms with Gasteiger partial charge >= 0.3 is 0 Å². The van der Waals surface area contributed by atoms with Crippen molar-refractivity contribution in [3.05, 3.63) is 89.2 Å². The molecule has 154 valence electrons. The lowest BCUT2D eigenvalue weighted by Gasteiger charge is -2.12. The highest BCUT2D eigenvalue weighted by molar-refractivity contribution is 7.15. The number of carbonyl (C=O) groups excluding carboxylic acids is 1. The first kappa shape index (κ1) is 20.3. The number of rotatable bonds is 9. The lowest BCUT2D eigenvalue weighted by Crippen LogP contribution is -2.23. The molecule has 1 atom stereocenters. The molecule has 0 spiro atoms. The predicted molar refractivity (Wildman–Crippen MR) is 120 cm³/mol. The number of anilines is 1. The highest BCUT2D eigenvalue weighted by Crippen LogP contribution is 2.14. The van der Waals surface area contributed by atoms with Gasteiger partial charge in [0.1, 0.15) is 0 Å². The van der Waals surface area contributed by atoms with Gasteiger partial charge in [0.2, 0.25) is 5.91 Å². The highest BCUT2D eigenvalue weighted by Gasteiger charge is 2.09. The number of nitrogens with one attached hydrogen (secondary N) is 2. The van der Waals surface area contributed by atoms with Crippen molar-refractivity contribution in [3.63, 3.8) is 0 Å². The van der Waals surface area contributed by atoms with Crippen molar-refractivity contribution < 1.29 is 9.90 Å². The van der Waals surface area contributed by atoms with Gasteiger partial charge in [-0.2, -0.15) is 0 Å². The molecule has 4 aromatic rings. The van der Waals surface area contributed by atoms with Crippen molar-refractivity contribution in [2.75, 3.05) is 18.4 Å². The van der Waals surface area contributed by atoms with E-state index in [2.05, 4.69) is 15.6 Å². The maximum Gasteiger partial charge on any atom is 0.230 e. The number of amides is 1. The van der Waals surface area contributed by atoms with Crippen molar-refractivity contribution in [1.29, 1.82) is 0 Å². The Bertz CT molecular complexity index is 1060. The van der Waals surface area contributed by atoms with E-state index in [1.54, 1.807) is 11.3 Å².